The molecular formula is C15H18F2O4. The lowest BCUT2D eigenvalue weighted by Crippen LogP contribution is -2.17. The monoisotopic (exact) mass is 300 g/mol. The molecule has 0 fully saturated rings. The third kappa shape index (κ3) is 4.81. The summed E-state index contributed by atoms with van der Waals surface area (Å²) in [6.45, 7) is 6.16. The van der Waals surface area contributed by atoms with Crippen molar-refractivity contribution in [3.05, 3.63) is 29.3 Å². The van der Waals surface area contributed by atoms with E-state index in [1.165, 1.54) is 0 Å². The number of carbonyl (C=O) groups is 2. The van der Waals surface area contributed by atoms with Crippen molar-refractivity contribution in [1.82, 2.24) is 0 Å². The number of esters is 2. The van der Waals surface area contributed by atoms with Gasteiger partial charge in [-0.25, -0.2) is 8.78 Å². The number of rotatable bonds is 5. The van der Waals surface area contributed by atoms with Gasteiger partial charge in [0.05, 0.1) is 11.8 Å². The second-order valence-electron chi connectivity index (χ2n) is 5.23. The Morgan fingerprint density at radius 3 is 1.90 bits per heavy atom. The summed E-state index contributed by atoms with van der Waals surface area (Å²) in [6.07, 6.45) is 0. The highest BCUT2D eigenvalue weighted by molar-refractivity contribution is 5.74. The zero-order chi connectivity index (χ0) is 16.2. The predicted molar refractivity (Wildman–Crippen MR) is 71.5 cm³/mol. The first-order chi connectivity index (χ1) is 9.72. The molecule has 116 valence electrons. The quantitative estimate of drug-likeness (QED) is 0.619. The Morgan fingerprint density at radius 2 is 1.48 bits per heavy atom. The summed E-state index contributed by atoms with van der Waals surface area (Å²) in [5, 5.41) is 0. The van der Waals surface area contributed by atoms with Crippen LogP contribution in [0.5, 0.6) is 5.75 Å². The lowest BCUT2D eigenvalue weighted by atomic mass is 10.2. The molecule has 0 radical (unpaired) electrons. The Hall–Kier alpha value is -1.98. The van der Waals surface area contributed by atoms with E-state index in [9.17, 15) is 18.4 Å². The molecule has 1 aromatic carbocycles. The zero-order valence-electron chi connectivity index (χ0n) is 12.4. The standard InChI is InChI=1S/C15H18F2O4/c1-8(2)14(18)20-7-10-5-11(16)13(12(17)6-10)21-15(19)9(3)4/h5-6,8-9H,7H2,1-4H3. The summed E-state index contributed by atoms with van der Waals surface area (Å²) in [7, 11) is 0. The molecular weight excluding hydrogens is 282 g/mol. The van der Waals surface area contributed by atoms with Crippen LogP contribution in [0.2, 0.25) is 0 Å². The Labute approximate surface area is 122 Å². The lowest BCUT2D eigenvalue weighted by Gasteiger charge is -2.11. The van der Waals surface area contributed by atoms with E-state index in [2.05, 4.69) is 4.74 Å². The van der Waals surface area contributed by atoms with Crippen LogP contribution in [0, 0.1) is 23.5 Å². The van der Waals surface area contributed by atoms with Crippen LogP contribution in [0.3, 0.4) is 0 Å². The van der Waals surface area contributed by atoms with Gasteiger partial charge in [0.1, 0.15) is 6.61 Å². The van der Waals surface area contributed by atoms with Gasteiger partial charge < -0.3 is 9.47 Å². The van der Waals surface area contributed by atoms with Crippen LogP contribution in [-0.4, -0.2) is 11.9 Å². The lowest BCUT2D eigenvalue weighted by molar-refractivity contribution is -0.148. The van der Waals surface area contributed by atoms with E-state index in [0.29, 0.717) is 0 Å². The summed E-state index contributed by atoms with van der Waals surface area (Å²) in [6, 6.07) is 1.94. The van der Waals surface area contributed by atoms with Crippen molar-refractivity contribution in [2.75, 3.05) is 0 Å². The number of ether oxygens (including phenoxy) is 2. The third-order valence-electron chi connectivity index (χ3n) is 2.58. The number of carbonyl (C=O) groups excluding carboxylic acids is 2. The molecule has 0 saturated heterocycles. The van der Waals surface area contributed by atoms with E-state index in [1.54, 1.807) is 27.7 Å². The van der Waals surface area contributed by atoms with Crippen LogP contribution >= 0.6 is 0 Å². The Morgan fingerprint density at radius 1 is 1.00 bits per heavy atom. The van der Waals surface area contributed by atoms with Gasteiger partial charge in [0.15, 0.2) is 11.6 Å². The molecule has 0 amide bonds. The molecule has 0 atom stereocenters. The Bertz CT molecular complexity index is 515. The van der Waals surface area contributed by atoms with Gasteiger partial charge >= 0.3 is 11.9 Å². The molecule has 0 unspecified atom stereocenters. The van der Waals surface area contributed by atoms with E-state index in [-0.39, 0.29) is 18.1 Å². The maximum atomic E-state index is 13.8. The van der Waals surface area contributed by atoms with Crippen molar-refractivity contribution in [2.24, 2.45) is 11.8 Å². The van der Waals surface area contributed by atoms with Gasteiger partial charge in [-0.05, 0) is 17.7 Å². The van der Waals surface area contributed by atoms with Crippen molar-refractivity contribution in [1.29, 1.82) is 0 Å². The number of hydrogen-bond donors (Lipinski definition) is 0. The average Bonchev–Trinajstić information content (AvgIpc) is 2.39. The summed E-state index contributed by atoms with van der Waals surface area (Å²) in [5.41, 5.74) is 0.142. The van der Waals surface area contributed by atoms with Crippen LogP contribution in [0.4, 0.5) is 8.78 Å². The summed E-state index contributed by atoms with van der Waals surface area (Å²) < 4.78 is 37.1. The van der Waals surface area contributed by atoms with Crippen LogP contribution in [0.25, 0.3) is 0 Å². The highest BCUT2D eigenvalue weighted by atomic mass is 19.1. The summed E-state index contributed by atoms with van der Waals surface area (Å²) in [4.78, 5) is 22.7. The average molecular weight is 300 g/mol. The minimum Gasteiger partial charge on any atom is -0.461 e. The molecule has 1 rings (SSSR count). The van der Waals surface area contributed by atoms with E-state index in [0.717, 1.165) is 12.1 Å². The van der Waals surface area contributed by atoms with E-state index in [4.69, 9.17) is 4.74 Å². The topological polar surface area (TPSA) is 52.6 Å². The molecule has 4 nitrogen and oxygen atoms in total. The Balaban J connectivity index is 2.84. The molecule has 0 saturated carbocycles. The molecule has 0 spiro atoms. The minimum atomic E-state index is -1.01. The molecule has 6 heteroatoms. The van der Waals surface area contributed by atoms with Gasteiger partial charge in [0.25, 0.3) is 0 Å². The first kappa shape index (κ1) is 17.1. The van der Waals surface area contributed by atoms with Gasteiger partial charge in [0.2, 0.25) is 5.75 Å². The van der Waals surface area contributed by atoms with Crippen LogP contribution < -0.4 is 4.74 Å². The first-order valence-electron chi connectivity index (χ1n) is 6.58. The van der Waals surface area contributed by atoms with Crippen LogP contribution in [0.15, 0.2) is 12.1 Å². The van der Waals surface area contributed by atoms with Gasteiger partial charge in [-0.15, -0.1) is 0 Å². The molecule has 0 bridgehead atoms. The number of hydrogen-bond acceptors (Lipinski definition) is 4. The maximum Gasteiger partial charge on any atom is 0.313 e. The molecule has 0 aliphatic heterocycles. The molecule has 0 aromatic heterocycles. The first-order valence-corrected chi connectivity index (χ1v) is 6.58. The van der Waals surface area contributed by atoms with E-state index in [1.807, 2.05) is 0 Å². The SMILES string of the molecule is CC(C)C(=O)OCc1cc(F)c(OC(=O)C(C)C)c(F)c1. The smallest absolute Gasteiger partial charge is 0.313 e. The van der Waals surface area contributed by atoms with Crippen LogP contribution in [0.1, 0.15) is 33.3 Å². The maximum absolute atomic E-state index is 13.8. The predicted octanol–water partition coefficient (Wildman–Crippen LogP) is 3.23. The van der Waals surface area contributed by atoms with Gasteiger partial charge in [0, 0.05) is 0 Å². The highest BCUT2D eigenvalue weighted by Gasteiger charge is 2.19. The normalized spacial score (nSPS) is 10.9. The van der Waals surface area contributed by atoms with Crippen molar-refractivity contribution >= 4 is 11.9 Å². The number of benzene rings is 1. The van der Waals surface area contributed by atoms with E-state index < -0.39 is 35.2 Å². The van der Waals surface area contributed by atoms with Crippen molar-refractivity contribution in [3.8, 4) is 5.75 Å². The second-order valence-corrected chi connectivity index (χ2v) is 5.23. The van der Waals surface area contributed by atoms with Crippen molar-refractivity contribution in [2.45, 2.75) is 34.3 Å². The molecule has 0 N–H and O–H groups in total. The summed E-state index contributed by atoms with van der Waals surface area (Å²) in [5.74, 6) is -4.80. The van der Waals surface area contributed by atoms with Crippen LogP contribution in [-0.2, 0) is 20.9 Å². The minimum absolute atomic E-state index is 0.142. The summed E-state index contributed by atoms with van der Waals surface area (Å²) >= 11 is 0. The molecule has 1 aromatic rings. The highest BCUT2D eigenvalue weighted by Crippen LogP contribution is 2.24. The van der Waals surface area contributed by atoms with Gasteiger partial charge in [-0.2, -0.15) is 0 Å². The Kier molecular flexibility index (Phi) is 5.81. The fourth-order valence-electron chi connectivity index (χ4n) is 1.33. The number of halogens is 2. The van der Waals surface area contributed by atoms with Gasteiger partial charge in [-0.3, -0.25) is 9.59 Å². The third-order valence-corrected chi connectivity index (χ3v) is 2.58. The van der Waals surface area contributed by atoms with Crippen molar-refractivity contribution in [3.63, 3.8) is 0 Å². The fourth-order valence-corrected chi connectivity index (χ4v) is 1.33. The van der Waals surface area contributed by atoms with Gasteiger partial charge in [-0.1, -0.05) is 27.7 Å². The van der Waals surface area contributed by atoms with E-state index >= 15 is 0 Å². The second kappa shape index (κ2) is 7.15. The van der Waals surface area contributed by atoms with Crippen molar-refractivity contribution < 1.29 is 27.8 Å². The fraction of sp³-hybridized carbons (Fsp3) is 0.467. The molecule has 21 heavy (non-hydrogen) atoms. The zero-order valence-corrected chi connectivity index (χ0v) is 12.4. The largest absolute Gasteiger partial charge is 0.461 e. The molecule has 0 aliphatic carbocycles. The molecule has 0 heterocycles. The molecule has 0 aliphatic rings.